The van der Waals surface area contributed by atoms with Crippen LogP contribution in [0.5, 0.6) is 11.5 Å². The summed E-state index contributed by atoms with van der Waals surface area (Å²) in [7, 11) is 3.03. The fourth-order valence-corrected chi connectivity index (χ4v) is 2.30. The van der Waals surface area contributed by atoms with Crippen LogP contribution in [-0.4, -0.2) is 25.1 Å². The molecule has 2 aromatic rings. The summed E-state index contributed by atoms with van der Waals surface area (Å²) in [4.78, 5) is 17.3. The molecule has 0 saturated carbocycles. The van der Waals surface area contributed by atoms with E-state index in [4.69, 9.17) is 9.47 Å². The van der Waals surface area contributed by atoms with Crippen molar-refractivity contribution in [3.63, 3.8) is 0 Å². The number of para-hydroxylation sites is 1. The van der Waals surface area contributed by atoms with Crippen molar-refractivity contribution in [2.24, 2.45) is 0 Å². The normalized spacial score (nSPS) is 10.1. The number of amides is 1. The number of hydrogen-bond acceptors (Lipinski definition) is 5. The van der Waals surface area contributed by atoms with E-state index in [2.05, 4.69) is 10.3 Å². The molecule has 0 saturated heterocycles. The van der Waals surface area contributed by atoms with Gasteiger partial charge in [-0.05, 0) is 19.1 Å². The van der Waals surface area contributed by atoms with Crippen LogP contribution in [0.2, 0.25) is 0 Å². The number of nitrogens with zero attached hydrogens (tertiary/aromatic N) is 1. The van der Waals surface area contributed by atoms with Crippen LogP contribution in [0.1, 0.15) is 15.2 Å². The molecule has 2 rings (SSSR count). The number of rotatable bonds is 4. The summed E-state index contributed by atoms with van der Waals surface area (Å²) >= 11 is 1.42. The number of methoxy groups -OCH3 is 2. The van der Waals surface area contributed by atoms with Crippen molar-refractivity contribution in [1.82, 2.24) is 4.98 Å². The number of nitrogens with one attached hydrogen (secondary N) is 1. The molecule has 0 aliphatic heterocycles. The Morgan fingerprint density at radius 1 is 1.32 bits per heavy atom. The molecule has 1 N–H and O–H groups in total. The van der Waals surface area contributed by atoms with Crippen molar-refractivity contribution < 1.29 is 14.3 Å². The topological polar surface area (TPSA) is 60.5 Å². The minimum absolute atomic E-state index is 0.273. The van der Waals surface area contributed by atoms with Gasteiger partial charge < -0.3 is 9.47 Å². The summed E-state index contributed by atoms with van der Waals surface area (Å²) in [5.74, 6) is 0.659. The number of thiazole rings is 1. The summed E-state index contributed by atoms with van der Waals surface area (Å²) in [5.41, 5.74) is 0.412. The highest BCUT2D eigenvalue weighted by Crippen LogP contribution is 2.31. The van der Waals surface area contributed by atoms with Gasteiger partial charge in [-0.1, -0.05) is 6.07 Å². The third-order valence-electron chi connectivity index (χ3n) is 2.49. The molecule has 0 fully saturated rings. The molecule has 19 heavy (non-hydrogen) atoms. The SMILES string of the molecule is COc1cccc(C(=O)Nc2ncc(C)s2)c1OC. The monoisotopic (exact) mass is 278 g/mol. The molecule has 0 unspecified atom stereocenters. The first-order chi connectivity index (χ1) is 9.15. The number of aromatic nitrogens is 1. The zero-order chi connectivity index (χ0) is 13.8. The number of benzene rings is 1. The number of ether oxygens (including phenoxy) is 2. The van der Waals surface area contributed by atoms with E-state index in [1.165, 1.54) is 25.6 Å². The summed E-state index contributed by atoms with van der Waals surface area (Å²) in [6.07, 6.45) is 1.71. The average molecular weight is 278 g/mol. The van der Waals surface area contributed by atoms with E-state index in [0.717, 1.165) is 4.88 Å². The number of carbonyl (C=O) groups is 1. The van der Waals surface area contributed by atoms with E-state index < -0.39 is 0 Å². The molecule has 0 aliphatic rings. The van der Waals surface area contributed by atoms with Crippen molar-refractivity contribution in [2.45, 2.75) is 6.92 Å². The highest BCUT2D eigenvalue weighted by molar-refractivity contribution is 7.15. The van der Waals surface area contributed by atoms with Gasteiger partial charge in [-0.2, -0.15) is 0 Å². The van der Waals surface area contributed by atoms with E-state index >= 15 is 0 Å². The lowest BCUT2D eigenvalue weighted by molar-refractivity contribution is 0.102. The van der Waals surface area contributed by atoms with Crippen molar-refractivity contribution in [3.8, 4) is 11.5 Å². The van der Waals surface area contributed by atoms with Gasteiger partial charge in [-0.15, -0.1) is 11.3 Å². The Morgan fingerprint density at radius 2 is 2.11 bits per heavy atom. The second-order valence-electron chi connectivity index (χ2n) is 3.77. The summed E-state index contributed by atoms with van der Waals surface area (Å²) in [6.45, 7) is 1.93. The van der Waals surface area contributed by atoms with Gasteiger partial charge in [0.15, 0.2) is 16.6 Å². The second-order valence-corrected chi connectivity index (χ2v) is 5.01. The molecule has 1 heterocycles. The van der Waals surface area contributed by atoms with Gasteiger partial charge in [0, 0.05) is 11.1 Å². The molecule has 0 radical (unpaired) electrons. The molecule has 1 aromatic carbocycles. The fraction of sp³-hybridized carbons (Fsp3) is 0.231. The molecular weight excluding hydrogens is 264 g/mol. The van der Waals surface area contributed by atoms with Crippen molar-refractivity contribution >= 4 is 22.4 Å². The van der Waals surface area contributed by atoms with E-state index in [9.17, 15) is 4.79 Å². The van der Waals surface area contributed by atoms with E-state index in [1.54, 1.807) is 24.4 Å². The van der Waals surface area contributed by atoms with Crippen LogP contribution >= 0.6 is 11.3 Å². The Kier molecular flexibility index (Phi) is 4.01. The third kappa shape index (κ3) is 2.85. The summed E-state index contributed by atoms with van der Waals surface area (Å²) < 4.78 is 10.4. The molecule has 1 aromatic heterocycles. The number of anilines is 1. The van der Waals surface area contributed by atoms with E-state index in [1.807, 2.05) is 6.92 Å². The fourth-order valence-electron chi connectivity index (χ4n) is 1.64. The smallest absolute Gasteiger partial charge is 0.261 e. The minimum Gasteiger partial charge on any atom is -0.493 e. The van der Waals surface area contributed by atoms with Crippen LogP contribution in [0.25, 0.3) is 0 Å². The van der Waals surface area contributed by atoms with Gasteiger partial charge in [0.2, 0.25) is 0 Å². The first kappa shape index (κ1) is 13.4. The lowest BCUT2D eigenvalue weighted by Crippen LogP contribution is -2.13. The van der Waals surface area contributed by atoms with Gasteiger partial charge in [-0.3, -0.25) is 10.1 Å². The summed E-state index contributed by atoms with van der Waals surface area (Å²) in [6, 6.07) is 5.16. The van der Waals surface area contributed by atoms with Gasteiger partial charge >= 0.3 is 0 Å². The quantitative estimate of drug-likeness (QED) is 0.934. The van der Waals surface area contributed by atoms with Gasteiger partial charge in [0.1, 0.15) is 0 Å². The highest BCUT2D eigenvalue weighted by Gasteiger charge is 2.17. The molecule has 0 bridgehead atoms. The number of carbonyl (C=O) groups excluding carboxylic acids is 1. The Morgan fingerprint density at radius 3 is 2.68 bits per heavy atom. The van der Waals surface area contributed by atoms with Crippen LogP contribution in [0, 0.1) is 6.92 Å². The van der Waals surface area contributed by atoms with Crippen molar-refractivity contribution in [3.05, 3.63) is 34.8 Å². The van der Waals surface area contributed by atoms with E-state index in [-0.39, 0.29) is 5.91 Å². The van der Waals surface area contributed by atoms with Gasteiger partial charge in [0.05, 0.1) is 19.8 Å². The molecular formula is C13H14N2O3S. The van der Waals surface area contributed by atoms with Gasteiger partial charge in [0.25, 0.3) is 5.91 Å². The van der Waals surface area contributed by atoms with Crippen LogP contribution in [0.3, 0.4) is 0 Å². The maximum atomic E-state index is 12.2. The van der Waals surface area contributed by atoms with Crippen molar-refractivity contribution in [1.29, 1.82) is 0 Å². The van der Waals surface area contributed by atoms with Crippen LogP contribution in [0.4, 0.5) is 5.13 Å². The molecule has 0 spiro atoms. The molecule has 6 heteroatoms. The zero-order valence-corrected chi connectivity index (χ0v) is 11.7. The van der Waals surface area contributed by atoms with Crippen LogP contribution in [-0.2, 0) is 0 Å². The van der Waals surface area contributed by atoms with Crippen LogP contribution in [0.15, 0.2) is 24.4 Å². The van der Waals surface area contributed by atoms with Crippen LogP contribution < -0.4 is 14.8 Å². The molecule has 5 nitrogen and oxygen atoms in total. The second kappa shape index (κ2) is 5.71. The maximum absolute atomic E-state index is 12.2. The zero-order valence-electron chi connectivity index (χ0n) is 10.9. The first-order valence-corrected chi connectivity index (χ1v) is 6.42. The Labute approximate surface area is 115 Å². The molecule has 0 aliphatic carbocycles. The third-order valence-corrected chi connectivity index (χ3v) is 3.32. The Hall–Kier alpha value is -2.08. The lowest BCUT2D eigenvalue weighted by atomic mass is 10.1. The largest absolute Gasteiger partial charge is 0.493 e. The highest BCUT2D eigenvalue weighted by atomic mass is 32.1. The average Bonchev–Trinajstić information content (AvgIpc) is 2.82. The van der Waals surface area contributed by atoms with E-state index in [0.29, 0.717) is 22.2 Å². The summed E-state index contributed by atoms with van der Waals surface area (Å²) in [5, 5.41) is 3.30. The predicted molar refractivity (Wildman–Crippen MR) is 74.4 cm³/mol. The number of aryl methyl sites for hydroxylation is 1. The first-order valence-electron chi connectivity index (χ1n) is 5.60. The lowest BCUT2D eigenvalue weighted by Gasteiger charge is -2.11. The van der Waals surface area contributed by atoms with Crippen molar-refractivity contribution in [2.75, 3.05) is 19.5 Å². The standard InChI is InChI=1S/C13H14N2O3S/c1-8-7-14-13(19-8)15-12(16)9-5-4-6-10(17-2)11(9)18-3/h4-7H,1-3H3,(H,14,15,16). The number of hydrogen-bond donors (Lipinski definition) is 1. The Bertz CT molecular complexity index is 595. The predicted octanol–water partition coefficient (Wildman–Crippen LogP) is 2.72. The molecule has 100 valence electrons. The Balaban J connectivity index is 2.28. The van der Waals surface area contributed by atoms with Gasteiger partial charge in [-0.25, -0.2) is 4.98 Å². The minimum atomic E-state index is -0.273. The maximum Gasteiger partial charge on any atom is 0.261 e. The molecule has 1 amide bonds. The molecule has 0 atom stereocenters.